The van der Waals surface area contributed by atoms with E-state index in [4.69, 9.17) is 10.5 Å². The first-order valence-electron chi connectivity index (χ1n) is 22.1. The number of carbonyl (C=O) groups excluding carboxylic acids is 1. The van der Waals surface area contributed by atoms with E-state index in [1.807, 2.05) is 0 Å². The second-order valence-corrected chi connectivity index (χ2v) is 19.8. The fraction of sp³-hybridized carbons (Fsp3) is 0.818. The number of carboxylic acids is 1. The number of nitrogens with zero attached hydrogens (tertiary/aromatic N) is 2. The number of nitrogens with two attached hydrogens (primary N) is 1. The third kappa shape index (κ3) is 9.04. The van der Waals surface area contributed by atoms with Crippen LogP contribution in [-0.4, -0.2) is 113 Å². The Morgan fingerprint density at radius 2 is 1.82 bits per heavy atom. The summed E-state index contributed by atoms with van der Waals surface area (Å²) in [7, 11) is 0. The molecule has 1 aromatic rings. The van der Waals surface area contributed by atoms with Gasteiger partial charge in [0.25, 0.3) is 0 Å². The molecule has 5 fully saturated rings. The van der Waals surface area contributed by atoms with Gasteiger partial charge in [-0.05, 0) is 119 Å². The number of quaternary nitrogens is 1. The lowest BCUT2D eigenvalue weighted by Crippen LogP contribution is -3.17. The number of piperidine rings is 3. The molecule has 7 N–H and O–H groups in total. The molecule has 1 aromatic carbocycles. The summed E-state index contributed by atoms with van der Waals surface area (Å²) in [6, 6.07) is 10.3. The number of benzene rings is 1. The molecule has 0 amide bonds. The zero-order valence-electron chi connectivity index (χ0n) is 33.5. The van der Waals surface area contributed by atoms with Crippen molar-refractivity contribution in [2.45, 2.75) is 182 Å². The van der Waals surface area contributed by atoms with Crippen LogP contribution in [0.4, 0.5) is 0 Å². The van der Waals surface area contributed by atoms with Crippen LogP contribution >= 0.6 is 0 Å². The number of hydrogen-bond donors (Lipinski definition) is 6. The highest BCUT2D eigenvalue weighted by Gasteiger charge is 2.55. The van der Waals surface area contributed by atoms with Gasteiger partial charge in [-0.2, -0.15) is 0 Å². The number of aliphatic hydroxyl groups is 2. The van der Waals surface area contributed by atoms with Gasteiger partial charge < -0.3 is 40.8 Å². The molecule has 4 saturated heterocycles. The maximum Gasteiger partial charge on any atom is 0.171 e. The summed E-state index contributed by atoms with van der Waals surface area (Å²) in [6.07, 6.45) is 18.7. The minimum Gasteiger partial charge on any atom is -0.550 e. The number of ether oxygens (including phenoxy) is 1. The van der Waals surface area contributed by atoms with E-state index >= 15 is 0 Å². The minimum absolute atomic E-state index is 0.0808. The Labute approximate surface area is 329 Å². The lowest BCUT2D eigenvalue weighted by atomic mass is 9.67. The predicted octanol–water partition coefficient (Wildman–Crippen LogP) is 1.61. The van der Waals surface area contributed by atoms with Crippen molar-refractivity contribution in [2.75, 3.05) is 32.9 Å². The molecular formula is C44H70N6O5. The second kappa shape index (κ2) is 16.4. The van der Waals surface area contributed by atoms with Gasteiger partial charge in [-0.3, -0.25) is 10.2 Å². The molecule has 55 heavy (non-hydrogen) atoms. The van der Waals surface area contributed by atoms with Gasteiger partial charge in [-0.25, -0.2) is 4.99 Å². The van der Waals surface area contributed by atoms with Crippen LogP contribution in [0.1, 0.15) is 127 Å². The molecule has 11 heteroatoms. The first-order chi connectivity index (χ1) is 26.4. The summed E-state index contributed by atoms with van der Waals surface area (Å²) in [6.45, 7) is 5.92. The Balaban J connectivity index is 1.09. The third-order valence-corrected chi connectivity index (χ3v) is 15.8. The van der Waals surface area contributed by atoms with E-state index < -0.39 is 17.2 Å². The summed E-state index contributed by atoms with van der Waals surface area (Å²) in [5.74, 6) is -1.08. The predicted molar refractivity (Wildman–Crippen MR) is 211 cm³/mol. The molecular weight excluding hydrogens is 693 g/mol. The molecule has 0 aromatic heterocycles. The fourth-order valence-corrected chi connectivity index (χ4v) is 12.9. The molecule has 1 aliphatic carbocycles. The van der Waals surface area contributed by atoms with Crippen LogP contribution in [0, 0.1) is 11.3 Å². The number of β-amino-alcohol motifs (C(OH)–C–C–N with tert-alkyl or cyclic N) is 1. The summed E-state index contributed by atoms with van der Waals surface area (Å²) in [5.41, 5.74) is 6.75. The lowest BCUT2D eigenvalue weighted by molar-refractivity contribution is -0.915. The smallest absolute Gasteiger partial charge is 0.171 e. The van der Waals surface area contributed by atoms with Crippen molar-refractivity contribution in [3.8, 4) is 0 Å². The van der Waals surface area contributed by atoms with Crippen LogP contribution in [0.2, 0.25) is 0 Å². The van der Waals surface area contributed by atoms with Crippen molar-refractivity contribution < 1.29 is 29.8 Å². The third-order valence-electron chi connectivity index (χ3n) is 15.8. The van der Waals surface area contributed by atoms with Crippen molar-refractivity contribution in [1.82, 2.24) is 15.5 Å². The average Bonchev–Trinajstić information content (AvgIpc) is 3.86. The number of fused-ring (bicyclic) bond motifs is 7. The van der Waals surface area contributed by atoms with Gasteiger partial charge in [-0.15, -0.1) is 0 Å². The summed E-state index contributed by atoms with van der Waals surface area (Å²) < 4.78 is 6.44. The number of aliphatic imine (C=N–C) groups is 1. The van der Waals surface area contributed by atoms with E-state index in [2.05, 4.69) is 57.9 Å². The Hall–Kier alpha value is -1.96. The fourth-order valence-electron chi connectivity index (χ4n) is 12.9. The van der Waals surface area contributed by atoms with Crippen LogP contribution in [0.3, 0.4) is 0 Å². The molecule has 8 rings (SSSR count). The van der Waals surface area contributed by atoms with Crippen molar-refractivity contribution in [1.29, 1.82) is 0 Å². The van der Waals surface area contributed by atoms with Crippen molar-refractivity contribution in [3.63, 3.8) is 0 Å². The van der Waals surface area contributed by atoms with Gasteiger partial charge in [0.05, 0.1) is 35.7 Å². The highest BCUT2D eigenvalue weighted by Crippen LogP contribution is 2.49. The van der Waals surface area contributed by atoms with E-state index in [1.165, 1.54) is 35.3 Å². The molecule has 1 spiro atoms. The van der Waals surface area contributed by atoms with Crippen LogP contribution in [-0.2, 0) is 22.4 Å². The molecule has 0 radical (unpaired) electrons. The van der Waals surface area contributed by atoms with E-state index in [1.54, 1.807) is 0 Å². The standard InChI is InChI=1S/C44H70N6O5/c1-41-25-34(48-39(45)27-41)23-32-8-4-7-31(21-32)22-33(9-5-13-42(11-2-3-12-42)14-15-43(53,29-47-41)28-40(51)52)44(54)16-18-50-35-10-6-20-55-38(35)24-36(37(50)26-44)49-19-17-46-30-49/h4,7-8,17,21,33-39,47-48,53-54H,2-3,5-6,9-16,18-20,22-30,45H2,1H3,(H,51,52). The number of hydrogen-bond acceptors (Lipinski definition) is 10. The topological polar surface area (TPSA) is 160 Å². The van der Waals surface area contributed by atoms with E-state index in [9.17, 15) is 20.1 Å². The van der Waals surface area contributed by atoms with Gasteiger partial charge in [0.15, 0.2) is 6.67 Å². The Morgan fingerprint density at radius 3 is 2.60 bits per heavy atom. The Bertz CT molecular complexity index is 1510. The number of rotatable bonds is 4. The molecule has 6 heterocycles. The van der Waals surface area contributed by atoms with Crippen LogP contribution in [0.15, 0.2) is 29.3 Å². The first kappa shape index (κ1) is 39.8. The van der Waals surface area contributed by atoms with Gasteiger partial charge in [0.1, 0.15) is 12.6 Å². The van der Waals surface area contributed by atoms with Crippen LogP contribution in [0.25, 0.3) is 0 Å². The molecule has 4 bridgehead atoms. The largest absolute Gasteiger partial charge is 0.550 e. The van der Waals surface area contributed by atoms with E-state index in [0.717, 1.165) is 110 Å². The quantitative estimate of drug-likeness (QED) is 0.268. The zero-order chi connectivity index (χ0) is 38.3. The SMILES string of the molecule is CC12CC(N)NC(Cc3cccc(c3)CC(C3(O)CCN4C5CCCOC5CC([NH+]5CC=NC5)C4C3)CCCC3(CCCC3)CCC(O)(CC(=O)[O-])CN1)C2. The molecule has 306 valence electrons. The molecule has 11 unspecified atom stereocenters. The number of carboxylic acid groups (broad SMARTS) is 1. The minimum atomic E-state index is -1.39. The maximum atomic E-state index is 13.1. The maximum absolute atomic E-state index is 13.1. The molecule has 11 nitrogen and oxygen atoms in total. The van der Waals surface area contributed by atoms with Gasteiger partial charge in [0, 0.05) is 56.1 Å². The van der Waals surface area contributed by atoms with Gasteiger partial charge in [-0.1, -0.05) is 43.5 Å². The van der Waals surface area contributed by atoms with Crippen LogP contribution < -0.4 is 26.4 Å². The monoisotopic (exact) mass is 763 g/mol. The van der Waals surface area contributed by atoms with Crippen molar-refractivity contribution in [2.24, 2.45) is 22.1 Å². The molecule has 11 atom stereocenters. The van der Waals surface area contributed by atoms with E-state index in [-0.39, 0.29) is 48.1 Å². The Morgan fingerprint density at radius 1 is 1.02 bits per heavy atom. The number of nitrogens with one attached hydrogen (secondary N) is 3. The van der Waals surface area contributed by atoms with Gasteiger partial charge in [0.2, 0.25) is 0 Å². The zero-order valence-corrected chi connectivity index (χ0v) is 33.5. The molecule has 6 aliphatic heterocycles. The van der Waals surface area contributed by atoms with E-state index in [0.29, 0.717) is 31.0 Å². The normalized spacial score (nSPS) is 42.9. The molecule has 1 saturated carbocycles. The summed E-state index contributed by atoms with van der Waals surface area (Å²) in [4.78, 5) is 21.0. The van der Waals surface area contributed by atoms with Gasteiger partial charge >= 0.3 is 0 Å². The lowest BCUT2D eigenvalue weighted by Gasteiger charge is -2.57. The number of aliphatic carboxylic acids is 1. The Kier molecular flexibility index (Phi) is 11.9. The summed E-state index contributed by atoms with van der Waals surface area (Å²) in [5, 5.41) is 44.4. The number of carbonyl (C=O) groups is 1. The molecule has 7 aliphatic rings. The van der Waals surface area contributed by atoms with Crippen LogP contribution in [0.5, 0.6) is 0 Å². The highest BCUT2D eigenvalue weighted by molar-refractivity contribution is 5.65. The highest BCUT2D eigenvalue weighted by atomic mass is 16.5. The van der Waals surface area contributed by atoms with Crippen molar-refractivity contribution >= 4 is 12.2 Å². The first-order valence-corrected chi connectivity index (χ1v) is 22.1. The van der Waals surface area contributed by atoms with Crippen molar-refractivity contribution in [3.05, 3.63) is 35.4 Å². The average molecular weight is 763 g/mol. The second-order valence-electron chi connectivity index (χ2n) is 19.8. The summed E-state index contributed by atoms with van der Waals surface area (Å²) >= 11 is 0.